The molecule has 6 nitrogen and oxygen atoms in total. The number of esters is 1. The van der Waals surface area contributed by atoms with E-state index < -0.39 is 5.97 Å². The number of rotatable bonds is 5. The molecule has 6 heteroatoms. The van der Waals surface area contributed by atoms with E-state index in [4.69, 9.17) is 4.74 Å². The van der Waals surface area contributed by atoms with Gasteiger partial charge in [0.1, 0.15) is 5.69 Å². The lowest BCUT2D eigenvalue weighted by atomic mass is 10.1. The molecule has 0 saturated carbocycles. The molecule has 0 fully saturated rings. The molecule has 0 aliphatic rings. The van der Waals surface area contributed by atoms with Gasteiger partial charge in [-0.1, -0.05) is 18.2 Å². The fourth-order valence-electron chi connectivity index (χ4n) is 2.58. The molecule has 0 amide bonds. The number of aromatic amines is 1. The Morgan fingerprint density at radius 2 is 2.00 bits per heavy atom. The minimum atomic E-state index is -0.622. The first-order valence-corrected chi connectivity index (χ1v) is 7.51. The maximum absolute atomic E-state index is 12.4. The number of aromatic nitrogens is 2. The number of aryl methyl sites for hydroxylation is 1. The highest BCUT2D eigenvalue weighted by Gasteiger charge is 2.18. The Labute approximate surface area is 138 Å². The summed E-state index contributed by atoms with van der Waals surface area (Å²) in [5, 5.41) is 3.74. The van der Waals surface area contributed by atoms with Gasteiger partial charge >= 0.3 is 5.97 Å². The number of carbonyl (C=O) groups excluding carboxylic acids is 2. The van der Waals surface area contributed by atoms with E-state index in [9.17, 15) is 9.59 Å². The molecular formula is C18H17N3O3. The number of ether oxygens (including phenoxy) is 1. The molecule has 0 saturated heterocycles. The number of para-hydroxylation sites is 1. The Balaban J connectivity index is 1.72. The number of nitrogens with zero attached hydrogens (tertiary/aromatic N) is 1. The van der Waals surface area contributed by atoms with Crippen LogP contribution < -0.4 is 5.32 Å². The van der Waals surface area contributed by atoms with Crippen LogP contribution in [0.1, 0.15) is 26.5 Å². The number of hydrogen-bond donors (Lipinski definition) is 2. The number of ketones is 1. The summed E-state index contributed by atoms with van der Waals surface area (Å²) in [6, 6.07) is 10.8. The first kappa shape index (κ1) is 15.7. The average Bonchev–Trinajstić information content (AvgIpc) is 2.95. The van der Waals surface area contributed by atoms with Crippen molar-refractivity contribution in [2.75, 3.05) is 19.0 Å². The van der Waals surface area contributed by atoms with Crippen molar-refractivity contribution in [2.45, 2.75) is 6.92 Å². The molecule has 3 aromatic rings. The number of pyridine rings is 1. The minimum Gasteiger partial charge on any atom is -0.453 e. The summed E-state index contributed by atoms with van der Waals surface area (Å²) in [5.41, 5.74) is 3.15. The smallest absolute Gasteiger partial charge is 0.357 e. The molecule has 3 rings (SSSR count). The Kier molecular flexibility index (Phi) is 4.29. The number of nitrogens with one attached hydrogen (secondary N) is 2. The average molecular weight is 323 g/mol. The molecule has 0 aliphatic heterocycles. The van der Waals surface area contributed by atoms with E-state index in [-0.39, 0.29) is 18.1 Å². The summed E-state index contributed by atoms with van der Waals surface area (Å²) >= 11 is 0. The van der Waals surface area contributed by atoms with Crippen molar-refractivity contribution in [1.29, 1.82) is 0 Å². The van der Waals surface area contributed by atoms with Crippen molar-refractivity contribution < 1.29 is 14.3 Å². The zero-order chi connectivity index (χ0) is 17.1. The van der Waals surface area contributed by atoms with Crippen LogP contribution in [0.5, 0.6) is 0 Å². The van der Waals surface area contributed by atoms with Gasteiger partial charge in [-0.3, -0.25) is 4.79 Å². The Morgan fingerprint density at radius 1 is 1.21 bits per heavy atom. The van der Waals surface area contributed by atoms with Gasteiger partial charge in [0, 0.05) is 29.2 Å². The molecule has 0 bridgehead atoms. The van der Waals surface area contributed by atoms with Crippen LogP contribution in [-0.2, 0) is 4.74 Å². The molecule has 122 valence electrons. The Bertz CT molecular complexity index is 898. The van der Waals surface area contributed by atoms with Crippen molar-refractivity contribution in [1.82, 2.24) is 9.97 Å². The van der Waals surface area contributed by atoms with E-state index in [0.717, 1.165) is 22.3 Å². The zero-order valence-corrected chi connectivity index (χ0v) is 13.4. The van der Waals surface area contributed by atoms with E-state index >= 15 is 0 Å². The maximum atomic E-state index is 12.4. The summed E-state index contributed by atoms with van der Waals surface area (Å²) in [4.78, 5) is 31.6. The Morgan fingerprint density at radius 3 is 2.71 bits per heavy atom. The summed E-state index contributed by atoms with van der Waals surface area (Å²) in [5.74, 6) is -0.867. The standard InChI is InChI=1S/C18H17N3O3/c1-11-17(13-5-3-4-6-14(13)21-11)16(22)10-24-18(23)15-8-7-12(19-2)9-20-15/h3-9,19,21H,10H2,1-2H3. The first-order valence-electron chi connectivity index (χ1n) is 7.51. The number of anilines is 1. The fourth-order valence-corrected chi connectivity index (χ4v) is 2.58. The topological polar surface area (TPSA) is 84.1 Å². The SMILES string of the molecule is CNc1ccc(C(=O)OCC(=O)c2c(C)[nH]c3ccccc23)nc1. The molecule has 1 aromatic carbocycles. The second-order valence-electron chi connectivity index (χ2n) is 5.35. The molecule has 0 unspecified atom stereocenters. The van der Waals surface area contributed by atoms with Crippen LogP contribution in [0.3, 0.4) is 0 Å². The summed E-state index contributed by atoms with van der Waals surface area (Å²) in [7, 11) is 1.76. The number of carbonyl (C=O) groups is 2. The zero-order valence-electron chi connectivity index (χ0n) is 13.4. The lowest BCUT2D eigenvalue weighted by Gasteiger charge is -2.05. The van der Waals surface area contributed by atoms with E-state index in [1.54, 1.807) is 19.2 Å². The van der Waals surface area contributed by atoms with Gasteiger partial charge in [0.05, 0.1) is 11.9 Å². The molecular weight excluding hydrogens is 306 g/mol. The molecule has 0 radical (unpaired) electrons. The van der Waals surface area contributed by atoms with Gasteiger partial charge in [0.2, 0.25) is 5.78 Å². The predicted molar refractivity (Wildman–Crippen MR) is 91.4 cm³/mol. The van der Waals surface area contributed by atoms with Crippen molar-refractivity contribution in [3.63, 3.8) is 0 Å². The summed E-state index contributed by atoms with van der Waals surface area (Å²) in [6.45, 7) is 1.50. The van der Waals surface area contributed by atoms with E-state index in [2.05, 4.69) is 15.3 Å². The molecule has 2 heterocycles. The lowest BCUT2D eigenvalue weighted by Crippen LogP contribution is -2.15. The highest BCUT2D eigenvalue weighted by atomic mass is 16.5. The number of hydrogen-bond acceptors (Lipinski definition) is 5. The first-order chi connectivity index (χ1) is 11.6. The van der Waals surface area contributed by atoms with Crippen molar-refractivity contribution in [3.8, 4) is 0 Å². The molecule has 2 aromatic heterocycles. The van der Waals surface area contributed by atoms with Crippen molar-refractivity contribution in [3.05, 3.63) is 59.5 Å². The number of fused-ring (bicyclic) bond motifs is 1. The van der Waals surface area contributed by atoms with E-state index in [1.807, 2.05) is 31.2 Å². The van der Waals surface area contributed by atoms with Crippen LogP contribution in [0.2, 0.25) is 0 Å². The third kappa shape index (κ3) is 2.99. The van der Waals surface area contributed by atoms with Crippen molar-refractivity contribution >= 4 is 28.3 Å². The van der Waals surface area contributed by atoms with Gasteiger partial charge in [-0.2, -0.15) is 0 Å². The fraction of sp³-hybridized carbons (Fsp3) is 0.167. The third-order valence-electron chi connectivity index (χ3n) is 3.77. The van der Waals surface area contributed by atoms with Gasteiger partial charge in [-0.05, 0) is 25.1 Å². The van der Waals surface area contributed by atoms with Crippen molar-refractivity contribution in [2.24, 2.45) is 0 Å². The summed E-state index contributed by atoms with van der Waals surface area (Å²) < 4.78 is 5.11. The predicted octanol–water partition coefficient (Wildman–Crippen LogP) is 2.95. The molecule has 0 atom stereocenters. The highest BCUT2D eigenvalue weighted by Crippen LogP contribution is 2.22. The van der Waals surface area contributed by atoms with E-state index in [1.165, 1.54) is 6.20 Å². The van der Waals surface area contributed by atoms with Gasteiger partial charge in [0.25, 0.3) is 0 Å². The van der Waals surface area contributed by atoms with Crippen LogP contribution in [0.4, 0.5) is 5.69 Å². The monoisotopic (exact) mass is 323 g/mol. The third-order valence-corrected chi connectivity index (χ3v) is 3.77. The largest absolute Gasteiger partial charge is 0.453 e. The maximum Gasteiger partial charge on any atom is 0.357 e. The molecule has 0 aliphatic carbocycles. The highest BCUT2D eigenvalue weighted by molar-refractivity contribution is 6.10. The second kappa shape index (κ2) is 6.54. The Hall–Kier alpha value is -3.15. The molecule has 0 spiro atoms. The number of Topliss-reactive ketones (excluding diaryl/α,β-unsaturated/α-hetero) is 1. The molecule has 24 heavy (non-hydrogen) atoms. The lowest BCUT2D eigenvalue weighted by molar-refractivity contribution is 0.0469. The quantitative estimate of drug-likeness (QED) is 0.557. The minimum absolute atomic E-state index is 0.164. The van der Waals surface area contributed by atoms with Crippen LogP contribution in [-0.4, -0.2) is 35.4 Å². The van der Waals surface area contributed by atoms with Crippen LogP contribution in [0.15, 0.2) is 42.6 Å². The van der Waals surface area contributed by atoms with Crippen LogP contribution >= 0.6 is 0 Å². The van der Waals surface area contributed by atoms with Gasteiger partial charge in [0.15, 0.2) is 6.61 Å². The van der Waals surface area contributed by atoms with Gasteiger partial charge in [-0.25, -0.2) is 9.78 Å². The summed E-state index contributed by atoms with van der Waals surface area (Å²) in [6.07, 6.45) is 1.53. The number of H-pyrrole nitrogens is 1. The van der Waals surface area contributed by atoms with Crippen LogP contribution in [0, 0.1) is 6.92 Å². The van der Waals surface area contributed by atoms with E-state index in [0.29, 0.717) is 5.56 Å². The van der Waals surface area contributed by atoms with Gasteiger partial charge in [-0.15, -0.1) is 0 Å². The second-order valence-corrected chi connectivity index (χ2v) is 5.35. The van der Waals surface area contributed by atoms with Crippen LogP contribution in [0.25, 0.3) is 10.9 Å². The number of benzene rings is 1. The molecule has 2 N–H and O–H groups in total. The van der Waals surface area contributed by atoms with Gasteiger partial charge < -0.3 is 15.0 Å². The normalized spacial score (nSPS) is 10.6.